The molecule has 0 aliphatic heterocycles. The third kappa shape index (κ3) is 4.54. The molecule has 0 saturated heterocycles. The van der Waals surface area contributed by atoms with Crippen LogP contribution in [0.15, 0.2) is 6.07 Å². The predicted octanol–water partition coefficient (Wildman–Crippen LogP) is 0.430. The minimum Gasteiger partial charge on any atom is -0.394 e. The second-order valence-electron chi connectivity index (χ2n) is 3.75. The highest BCUT2D eigenvalue weighted by molar-refractivity contribution is 5.45. The lowest BCUT2D eigenvalue weighted by molar-refractivity contribution is 0.174. The molecule has 0 aliphatic rings. The number of rotatable bonds is 7. The Morgan fingerprint density at radius 3 is 2.88 bits per heavy atom. The third-order valence-electron chi connectivity index (χ3n) is 2.35. The van der Waals surface area contributed by atoms with Crippen molar-refractivity contribution in [1.29, 1.82) is 0 Å². The van der Waals surface area contributed by atoms with Crippen LogP contribution >= 0.6 is 0 Å². The van der Waals surface area contributed by atoms with E-state index in [1.54, 1.807) is 13.2 Å². The zero-order valence-corrected chi connectivity index (χ0v) is 10.3. The van der Waals surface area contributed by atoms with Crippen LogP contribution in [0.3, 0.4) is 0 Å². The van der Waals surface area contributed by atoms with Gasteiger partial charge in [0.2, 0.25) is 0 Å². The number of nitrogens with one attached hydrogen (secondary N) is 1. The molecule has 0 saturated carbocycles. The monoisotopic (exact) mass is 240 g/mol. The van der Waals surface area contributed by atoms with Gasteiger partial charge in [-0.15, -0.1) is 0 Å². The summed E-state index contributed by atoms with van der Waals surface area (Å²) in [5.41, 5.74) is 5.67. The highest BCUT2D eigenvalue weighted by atomic mass is 16.5. The lowest BCUT2D eigenvalue weighted by Gasteiger charge is -2.16. The third-order valence-corrected chi connectivity index (χ3v) is 2.35. The van der Waals surface area contributed by atoms with Gasteiger partial charge in [0.15, 0.2) is 0 Å². The van der Waals surface area contributed by atoms with Crippen molar-refractivity contribution < 1.29 is 9.84 Å². The number of aryl methyl sites for hydroxylation is 1. The number of aliphatic hydroxyl groups is 1. The summed E-state index contributed by atoms with van der Waals surface area (Å²) in [6.07, 6.45) is 1.43. The Labute approximate surface area is 101 Å². The van der Waals surface area contributed by atoms with Crippen LogP contribution in [0.1, 0.15) is 19.2 Å². The van der Waals surface area contributed by atoms with E-state index in [-0.39, 0.29) is 12.6 Å². The predicted molar refractivity (Wildman–Crippen MR) is 66.8 cm³/mol. The molecule has 0 aromatic carbocycles. The fourth-order valence-corrected chi connectivity index (χ4v) is 1.43. The quantitative estimate of drug-likeness (QED) is 0.640. The molecule has 96 valence electrons. The normalized spacial score (nSPS) is 12.4. The summed E-state index contributed by atoms with van der Waals surface area (Å²) in [5.74, 6) is 1.77. The summed E-state index contributed by atoms with van der Waals surface area (Å²) >= 11 is 0. The minimum absolute atomic E-state index is 0.0225. The fourth-order valence-electron chi connectivity index (χ4n) is 1.43. The highest BCUT2D eigenvalue weighted by Gasteiger charge is 2.09. The van der Waals surface area contributed by atoms with Gasteiger partial charge in [-0.05, 0) is 6.42 Å². The van der Waals surface area contributed by atoms with Crippen molar-refractivity contribution in [2.45, 2.75) is 25.8 Å². The Bertz CT molecular complexity index is 346. The number of anilines is 2. The van der Waals surface area contributed by atoms with Crippen molar-refractivity contribution in [2.75, 3.05) is 31.4 Å². The highest BCUT2D eigenvalue weighted by Crippen LogP contribution is 2.11. The van der Waals surface area contributed by atoms with Crippen LogP contribution in [0.5, 0.6) is 0 Å². The van der Waals surface area contributed by atoms with Crippen molar-refractivity contribution in [1.82, 2.24) is 9.97 Å². The second kappa shape index (κ2) is 7.03. The number of nitrogens with two attached hydrogens (primary N) is 1. The van der Waals surface area contributed by atoms with Gasteiger partial charge in [0.1, 0.15) is 17.5 Å². The zero-order chi connectivity index (χ0) is 12.7. The molecular formula is C11H20N4O2. The number of ether oxygens (including phenoxy) is 1. The SMILES string of the molecule is CCc1nc(N)cc(NC(CO)CCOC)n1. The van der Waals surface area contributed by atoms with E-state index in [0.29, 0.717) is 30.5 Å². The first-order chi connectivity index (χ1) is 8.19. The standard InChI is InChI=1S/C11H20N4O2/c1-3-10-14-9(12)6-11(15-10)13-8(7-16)4-5-17-2/h6,8,16H,3-5,7H2,1-2H3,(H3,12,13,14,15). The van der Waals surface area contributed by atoms with E-state index in [1.165, 1.54) is 0 Å². The van der Waals surface area contributed by atoms with Crippen LogP contribution in [-0.4, -0.2) is 41.4 Å². The van der Waals surface area contributed by atoms with Crippen molar-refractivity contribution in [2.24, 2.45) is 0 Å². The molecule has 0 bridgehead atoms. The average Bonchev–Trinajstić information content (AvgIpc) is 2.33. The largest absolute Gasteiger partial charge is 0.394 e. The van der Waals surface area contributed by atoms with Crippen molar-refractivity contribution in [3.05, 3.63) is 11.9 Å². The molecule has 1 heterocycles. The number of aromatic nitrogens is 2. The molecule has 4 N–H and O–H groups in total. The number of nitrogen functional groups attached to an aromatic ring is 1. The van der Waals surface area contributed by atoms with Gasteiger partial charge in [-0.25, -0.2) is 9.97 Å². The van der Waals surface area contributed by atoms with Gasteiger partial charge >= 0.3 is 0 Å². The first-order valence-corrected chi connectivity index (χ1v) is 5.69. The van der Waals surface area contributed by atoms with E-state index in [0.717, 1.165) is 6.42 Å². The molecule has 0 spiro atoms. The smallest absolute Gasteiger partial charge is 0.132 e. The number of hydrogen-bond acceptors (Lipinski definition) is 6. The maximum atomic E-state index is 9.22. The molecule has 6 nitrogen and oxygen atoms in total. The summed E-state index contributed by atoms with van der Waals surface area (Å²) in [6.45, 7) is 2.57. The van der Waals surface area contributed by atoms with Crippen molar-refractivity contribution in [3.8, 4) is 0 Å². The molecule has 6 heteroatoms. The molecule has 1 aromatic heterocycles. The first kappa shape index (κ1) is 13.7. The Morgan fingerprint density at radius 1 is 1.53 bits per heavy atom. The van der Waals surface area contributed by atoms with Crippen LogP contribution in [0.2, 0.25) is 0 Å². The van der Waals surface area contributed by atoms with E-state index in [2.05, 4.69) is 15.3 Å². The van der Waals surface area contributed by atoms with E-state index < -0.39 is 0 Å². The maximum Gasteiger partial charge on any atom is 0.132 e. The molecule has 0 fully saturated rings. The number of methoxy groups -OCH3 is 1. The van der Waals surface area contributed by atoms with Gasteiger partial charge in [0, 0.05) is 26.2 Å². The number of aliphatic hydroxyl groups excluding tert-OH is 1. The van der Waals surface area contributed by atoms with E-state index in [9.17, 15) is 5.11 Å². The summed E-state index contributed by atoms with van der Waals surface area (Å²) in [4.78, 5) is 8.38. The number of nitrogens with zero attached hydrogens (tertiary/aromatic N) is 2. The Hall–Kier alpha value is -1.40. The lowest BCUT2D eigenvalue weighted by Crippen LogP contribution is -2.26. The molecule has 0 amide bonds. The minimum atomic E-state index is -0.0889. The summed E-state index contributed by atoms with van der Waals surface area (Å²) < 4.78 is 4.97. The molecule has 17 heavy (non-hydrogen) atoms. The van der Waals surface area contributed by atoms with Crippen molar-refractivity contribution in [3.63, 3.8) is 0 Å². The summed E-state index contributed by atoms with van der Waals surface area (Å²) in [6, 6.07) is 1.57. The lowest BCUT2D eigenvalue weighted by atomic mass is 10.2. The van der Waals surface area contributed by atoms with Gasteiger partial charge in [0.05, 0.1) is 12.6 Å². The van der Waals surface area contributed by atoms with Gasteiger partial charge in [-0.2, -0.15) is 0 Å². The molecule has 1 aromatic rings. The van der Waals surface area contributed by atoms with E-state index >= 15 is 0 Å². The van der Waals surface area contributed by atoms with Crippen LogP contribution in [-0.2, 0) is 11.2 Å². The molecule has 0 aliphatic carbocycles. The van der Waals surface area contributed by atoms with Crippen LogP contribution in [0, 0.1) is 0 Å². The van der Waals surface area contributed by atoms with Gasteiger partial charge < -0.3 is 20.9 Å². The summed E-state index contributed by atoms with van der Waals surface area (Å²) in [7, 11) is 1.63. The van der Waals surface area contributed by atoms with E-state index in [4.69, 9.17) is 10.5 Å². The van der Waals surface area contributed by atoms with Gasteiger partial charge in [-0.3, -0.25) is 0 Å². The first-order valence-electron chi connectivity index (χ1n) is 5.69. The maximum absolute atomic E-state index is 9.22. The summed E-state index contributed by atoms with van der Waals surface area (Å²) in [5, 5.41) is 12.3. The molecule has 0 radical (unpaired) electrons. The van der Waals surface area contributed by atoms with Gasteiger partial charge in [0.25, 0.3) is 0 Å². The second-order valence-corrected chi connectivity index (χ2v) is 3.75. The fraction of sp³-hybridized carbons (Fsp3) is 0.636. The van der Waals surface area contributed by atoms with E-state index in [1.807, 2.05) is 6.92 Å². The number of hydrogen-bond donors (Lipinski definition) is 3. The molecular weight excluding hydrogens is 220 g/mol. The molecule has 1 rings (SSSR count). The zero-order valence-electron chi connectivity index (χ0n) is 10.3. The molecule has 1 atom stereocenters. The van der Waals surface area contributed by atoms with Crippen molar-refractivity contribution >= 4 is 11.6 Å². The Morgan fingerprint density at radius 2 is 2.29 bits per heavy atom. The van der Waals surface area contributed by atoms with Crippen LogP contribution < -0.4 is 11.1 Å². The topological polar surface area (TPSA) is 93.3 Å². The Kier molecular flexibility index (Phi) is 5.65. The average molecular weight is 240 g/mol. The Balaban J connectivity index is 2.68. The molecule has 1 unspecified atom stereocenters. The van der Waals surface area contributed by atoms with Gasteiger partial charge in [-0.1, -0.05) is 6.92 Å². The van der Waals surface area contributed by atoms with Crippen LogP contribution in [0.25, 0.3) is 0 Å². The van der Waals surface area contributed by atoms with Crippen LogP contribution in [0.4, 0.5) is 11.6 Å².